The first kappa shape index (κ1) is 19.1. The van der Waals surface area contributed by atoms with E-state index in [9.17, 15) is 10.1 Å². The van der Waals surface area contributed by atoms with Crippen LogP contribution in [0.25, 0.3) is 22.5 Å². The number of fused-ring (bicyclic) bond motifs is 1. The van der Waals surface area contributed by atoms with E-state index in [1.807, 2.05) is 24.3 Å². The predicted molar refractivity (Wildman–Crippen MR) is 108 cm³/mol. The van der Waals surface area contributed by atoms with Gasteiger partial charge in [-0.25, -0.2) is 4.98 Å². The van der Waals surface area contributed by atoms with Gasteiger partial charge in [-0.3, -0.25) is 10.1 Å². The maximum absolute atomic E-state index is 10.8. The maximum Gasteiger partial charge on any atom is 0.269 e. The van der Waals surface area contributed by atoms with Gasteiger partial charge in [-0.1, -0.05) is 23.9 Å². The standard InChI is InChI=1S/C19H17N5O4S/c1-27-11-10-23-16-5-3-2-4-15(16)20-19(23)29-12-17-21-22-18(28-17)13-6-8-14(9-7-13)24(25)26/h2-9H,10-12H2,1H3. The highest BCUT2D eigenvalue weighted by Gasteiger charge is 2.15. The lowest BCUT2D eigenvalue weighted by Gasteiger charge is -2.07. The topological polar surface area (TPSA) is 109 Å². The molecular weight excluding hydrogens is 394 g/mol. The zero-order valence-corrected chi connectivity index (χ0v) is 16.3. The largest absolute Gasteiger partial charge is 0.420 e. The summed E-state index contributed by atoms with van der Waals surface area (Å²) in [5.74, 6) is 1.23. The van der Waals surface area contributed by atoms with Crippen molar-refractivity contribution in [3.8, 4) is 11.5 Å². The van der Waals surface area contributed by atoms with E-state index in [1.165, 1.54) is 23.9 Å². The molecule has 4 rings (SSSR count). The van der Waals surface area contributed by atoms with Gasteiger partial charge in [-0.15, -0.1) is 10.2 Å². The fourth-order valence-electron chi connectivity index (χ4n) is 2.84. The van der Waals surface area contributed by atoms with Gasteiger partial charge in [0.1, 0.15) is 0 Å². The number of thioether (sulfide) groups is 1. The summed E-state index contributed by atoms with van der Waals surface area (Å²) in [5.41, 5.74) is 2.61. The van der Waals surface area contributed by atoms with E-state index in [-0.39, 0.29) is 5.69 Å². The lowest BCUT2D eigenvalue weighted by molar-refractivity contribution is -0.384. The SMILES string of the molecule is COCCn1c(SCc2nnc(-c3ccc([N+](=O)[O-])cc3)o2)nc2ccccc21. The van der Waals surface area contributed by atoms with Gasteiger partial charge in [0.05, 0.1) is 28.3 Å². The second-order valence-corrected chi connectivity index (χ2v) is 7.06. The Kier molecular flexibility index (Phi) is 5.54. The number of para-hydroxylation sites is 2. The Morgan fingerprint density at radius 1 is 1.17 bits per heavy atom. The van der Waals surface area contributed by atoms with Crippen LogP contribution < -0.4 is 0 Å². The first-order valence-corrected chi connectivity index (χ1v) is 9.78. The number of methoxy groups -OCH3 is 1. The molecule has 10 heteroatoms. The first-order chi connectivity index (χ1) is 14.2. The number of nitro benzene ring substituents is 1. The van der Waals surface area contributed by atoms with Gasteiger partial charge in [-0.2, -0.15) is 0 Å². The number of hydrogen-bond acceptors (Lipinski definition) is 8. The molecule has 0 aliphatic heterocycles. The molecule has 0 unspecified atom stereocenters. The average Bonchev–Trinajstić information content (AvgIpc) is 3.35. The van der Waals surface area contributed by atoms with Crippen LogP contribution in [-0.4, -0.2) is 38.4 Å². The number of hydrogen-bond donors (Lipinski definition) is 0. The minimum atomic E-state index is -0.449. The summed E-state index contributed by atoms with van der Waals surface area (Å²) in [4.78, 5) is 15.0. The van der Waals surface area contributed by atoms with Crippen LogP contribution >= 0.6 is 11.8 Å². The molecule has 0 N–H and O–H groups in total. The van der Waals surface area contributed by atoms with E-state index in [2.05, 4.69) is 19.7 Å². The summed E-state index contributed by atoms with van der Waals surface area (Å²) in [6.07, 6.45) is 0. The van der Waals surface area contributed by atoms with Crippen LogP contribution in [0.3, 0.4) is 0 Å². The Bertz CT molecular complexity index is 1140. The van der Waals surface area contributed by atoms with E-state index in [0.29, 0.717) is 36.2 Å². The van der Waals surface area contributed by atoms with Crippen molar-refractivity contribution in [3.05, 3.63) is 64.5 Å². The van der Waals surface area contributed by atoms with Gasteiger partial charge < -0.3 is 13.7 Å². The van der Waals surface area contributed by atoms with E-state index in [4.69, 9.17) is 9.15 Å². The van der Waals surface area contributed by atoms with Crippen LogP contribution in [0.4, 0.5) is 5.69 Å². The van der Waals surface area contributed by atoms with Gasteiger partial charge >= 0.3 is 0 Å². The fourth-order valence-corrected chi connectivity index (χ4v) is 3.72. The Morgan fingerprint density at radius 3 is 2.72 bits per heavy atom. The van der Waals surface area contributed by atoms with Crippen molar-refractivity contribution in [2.45, 2.75) is 17.5 Å². The molecule has 9 nitrogen and oxygen atoms in total. The molecule has 0 fully saturated rings. The molecule has 29 heavy (non-hydrogen) atoms. The third-order valence-electron chi connectivity index (χ3n) is 4.26. The zero-order chi connectivity index (χ0) is 20.2. The van der Waals surface area contributed by atoms with Gasteiger partial charge in [0, 0.05) is 31.4 Å². The van der Waals surface area contributed by atoms with Crippen LogP contribution in [0.15, 0.2) is 58.1 Å². The van der Waals surface area contributed by atoms with Gasteiger partial charge in [-0.05, 0) is 24.3 Å². The van der Waals surface area contributed by atoms with Gasteiger partial charge in [0.2, 0.25) is 11.8 Å². The normalized spacial score (nSPS) is 11.2. The molecule has 0 aliphatic carbocycles. The highest BCUT2D eigenvalue weighted by atomic mass is 32.2. The fraction of sp³-hybridized carbons (Fsp3) is 0.211. The molecular formula is C19H17N5O4S. The van der Waals surface area contributed by atoms with Crippen LogP contribution in [0.2, 0.25) is 0 Å². The van der Waals surface area contributed by atoms with Crippen molar-refractivity contribution in [2.24, 2.45) is 0 Å². The highest BCUT2D eigenvalue weighted by molar-refractivity contribution is 7.98. The van der Waals surface area contributed by atoms with Crippen LogP contribution in [-0.2, 0) is 17.0 Å². The van der Waals surface area contributed by atoms with E-state index in [1.54, 1.807) is 19.2 Å². The number of rotatable bonds is 8. The Hall–Kier alpha value is -3.24. The molecule has 0 aliphatic rings. The van der Waals surface area contributed by atoms with E-state index in [0.717, 1.165) is 16.2 Å². The molecule has 0 atom stereocenters. The van der Waals surface area contributed by atoms with Gasteiger partial charge in [0.25, 0.3) is 5.69 Å². The smallest absolute Gasteiger partial charge is 0.269 e. The van der Waals surface area contributed by atoms with Crippen molar-refractivity contribution in [2.75, 3.05) is 13.7 Å². The highest BCUT2D eigenvalue weighted by Crippen LogP contribution is 2.28. The molecule has 0 bridgehead atoms. The third kappa shape index (κ3) is 4.13. The summed E-state index contributed by atoms with van der Waals surface area (Å²) < 4.78 is 13.0. The summed E-state index contributed by atoms with van der Waals surface area (Å²) in [5, 5.41) is 19.7. The average molecular weight is 411 g/mol. The van der Waals surface area contributed by atoms with Crippen LogP contribution in [0.1, 0.15) is 5.89 Å². The Balaban J connectivity index is 1.50. The third-order valence-corrected chi connectivity index (χ3v) is 5.22. The minimum absolute atomic E-state index is 0.0130. The molecule has 2 aromatic heterocycles. The van der Waals surface area contributed by atoms with Crippen molar-refractivity contribution in [1.82, 2.24) is 19.7 Å². The molecule has 2 heterocycles. The monoisotopic (exact) mass is 411 g/mol. The quantitative estimate of drug-likeness (QED) is 0.244. The second kappa shape index (κ2) is 8.41. The number of aromatic nitrogens is 4. The molecule has 0 saturated carbocycles. The number of nitrogens with zero attached hydrogens (tertiary/aromatic N) is 5. The number of nitro groups is 1. The zero-order valence-electron chi connectivity index (χ0n) is 15.5. The van der Waals surface area contributed by atoms with Crippen molar-refractivity contribution >= 4 is 28.5 Å². The number of non-ortho nitro benzene ring substituents is 1. The number of ether oxygens (including phenoxy) is 1. The minimum Gasteiger partial charge on any atom is -0.420 e. The van der Waals surface area contributed by atoms with Gasteiger partial charge in [0.15, 0.2) is 5.16 Å². The molecule has 4 aromatic rings. The summed E-state index contributed by atoms with van der Waals surface area (Å²) >= 11 is 1.50. The van der Waals surface area contributed by atoms with Crippen molar-refractivity contribution in [3.63, 3.8) is 0 Å². The lowest BCUT2D eigenvalue weighted by Crippen LogP contribution is -2.05. The molecule has 2 aromatic carbocycles. The summed E-state index contributed by atoms with van der Waals surface area (Å²) in [6, 6.07) is 13.9. The van der Waals surface area contributed by atoms with E-state index < -0.39 is 4.92 Å². The molecule has 0 amide bonds. The van der Waals surface area contributed by atoms with Crippen molar-refractivity contribution < 1.29 is 14.1 Å². The van der Waals surface area contributed by atoms with E-state index >= 15 is 0 Å². The second-order valence-electron chi connectivity index (χ2n) is 6.12. The first-order valence-electron chi connectivity index (χ1n) is 8.80. The molecule has 148 valence electrons. The number of benzene rings is 2. The summed E-state index contributed by atoms with van der Waals surface area (Å²) in [7, 11) is 1.67. The summed E-state index contributed by atoms with van der Waals surface area (Å²) in [6.45, 7) is 1.27. The Labute approximate surface area is 169 Å². The van der Waals surface area contributed by atoms with Crippen LogP contribution in [0.5, 0.6) is 0 Å². The number of imidazole rings is 1. The maximum atomic E-state index is 10.8. The predicted octanol–water partition coefficient (Wildman–Crippen LogP) is 3.93. The van der Waals surface area contributed by atoms with Crippen LogP contribution in [0, 0.1) is 10.1 Å². The molecule has 0 saturated heterocycles. The molecule has 0 radical (unpaired) electrons. The lowest BCUT2D eigenvalue weighted by atomic mass is 10.2. The molecule has 0 spiro atoms. The van der Waals surface area contributed by atoms with Crippen molar-refractivity contribution in [1.29, 1.82) is 0 Å². The Morgan fingerprint density at radius 2 is 1.97 bits per heavy atom.